The molecular weight excluding hydrogens is 364 g/mol. The number of halogens is 1. The van der Waals surface area contributed by atoms with Crippen molar-refractivity contribution in [3.05, 3.63) is 52.3 Å². The van der Waals surface area contributed by atoms with Crippen molar-refractivity contribution in [1.29, 1.82) is 0 Å². The Kier molecular flexibility index (Phi) is 6.66. The molecule has 0 bridgehead atoms. The van der Waals surface area contributed by atoms with E-state index in [2.05, 4.69) is 26.6 Å². The molecule has 0 radical (unpaired) electrons. The van der Waals surface area contributed by atoms with Gasteiger partial charge in [-0.1, -0.05) is 17.7 Å². The Labute approximate surface area is 164 Å². The molecule has 7 heteroatoms. The highest BCUT2D eigenvalue weighted by molar-refractivity contribution is 6.33. The number of nitrogens with one attached hydrogen (secondary N) is 2. The molecule has 1 aromatic carbocycles. The van der Waals surface area contributed by atoms with Gasteiger partial charge in [-0.15, -0.1) is 0 Å². The number of nitrogens with zero attached hydrogens (tertiary/aromatic N) is 2. The van der Waals surface area contributed by atoms with Gasteiger partial charge in [0.1, 0.15) is 5.69 Å². The Bertz CT molecular complexity index is 783. The average Bonchev–Trinajstić information content (AvgIpc) is 2.66. The molecule has 2 heterocycles. The van der Waals surface area contributed by atoms with Gasteiger partial charge in [0.25, 0.3) is 5.91 Å². The zero-order chi connectivity index (χ0) is 19.2. The molecular formula is C20H25ClN4O2. The van der Waals surface area contributed by atoms with E-state index in [0.717, 1.165) is 55.3 Å². The summed E-state index contributed by atoms with van der Waals surface area (Å²) in [6.45, 7) is 8.73. The molecule has 6 nitrogen and oxygen atoms in total. The van der Waals surface area contributed by atoms with Gasteiger partial charge in [-0.2, -0.15) is 0 Å². The van der Waals surface area contributed by atoms with Crippen molar-refractivity contribution < 1.29 is 9.53 Å². The molecule has 1 aromatic heterocycles. The summed E-state index contributed by atoms with van der Waals surface area (Å²) in [6, 6.07) is 7.53. The predicted octanol–water partition coefficient (Wildman–Crippen LogP) is 3.16. The topological polar surface area (TPSA) is 66.5 Å². The van der Waals surface area contributed by atoms with Crippen molar-refractivity contribution in [2.24, 2.45) is 0 Å². The van der Waals surface area contributed by atoms with Gasteiger partial charge in [-0.3, -0.25) is 14.7 Å². The van der Waals surface area contributed by atoms with Gasteiger partial charge in [0, 0.05) is 38.1 Å². The minimum Gasteiger partial charge on any atom is -0.379 e. The number of ether oxygens (including phenoxy) is 1. The summed E-state index contributed by atoms with van der Waals surface area (Å²) in [5.74, 6) is -0.182. The van der Waals surface area contributed by atoms with Crippen LogP contribution in [-0.4, -0.2) is 55.2 Å². The number of amides is 1. The molecule has 27 heavy (non-hydrogen) atoms. The molecule has 2 aromatic rings. The number of pyridine rings is 1. The maximum absolute atomic E-state index is 12.4. The predicted molar refractivity (Wildman–Crippen MR) is 108 cm³/mol. The van der Waals surface area contributed by atoms with E-state index in [4.69, 9.17) is 16.3 Å². The normalized spacial score (nSPS) is 14.8. The zero-order valence-corrected chi connectivity index (χ0v) is 16.5. The molecule has 0 unspecified atom stereocenters. The molecule has 1 saturated heterocycles. The second-order valence-electron chi connectivity index (χ2n) is 6.70. The Morgan fingerprint density at radius 3 is 2.78 bits per heavy atom. The third kappa shape index (κ3) is 5.42. The number of rotatable bonds is 6. The molecule has 2 N–H and O–H groups in total. The van der Waals surface area contributed by atoms with Crippen molar-refractivity contribution in [1.82, 2.24) is 15.2 Å². The third-order valence-electron chi connectivity index (χ3n) is 4.51. The smallest absolute Gasteiger partial charge is 0.269 e. The molecule has 0 atom stereocenters. The lowest BCUT2D eigenvalue weighted by molar-refractivity contribution is 0.0383. The zero-order valence-electron chi connectivity index (χ0n) is 15.7. The summed E-state index contributed by atoms with van der Waals surface area (Å²) in [7, 11) is 0. The van der Waals surface area contributed by atoms with Crippen LogP contribution in [0, 0.1) is 13.8 Å². The third-order valence-corrected chi connectivity index (χ3v) is 4.81. The van der Waals surface area contributed by atoms with Crippen molar-refractivity contribution in [2.75, 3.05) is 44.7 Å². The number of benzene rings is 1. The number of aryl methyl sites for hydroxylation is 2. The van der Waals surface area contributed by atoms with Crippen LogP contribution in [0.25, 0.3) is 0 Å². The highest BCUT2D eigenvalue weighted by Gasteiger charge is 2.12. The van der Waals surface area contributed by atoms with Crippen LogP contribution >= 0.6 is 11.6 Å². The molecule has 1 amide bonds. The molecule has 1 aliphatic rings. The first kappa shape index (κ1) is 19.6. The number of carbonyl (C=O) groups excluding carboxylic acids is 1. The first-order valence-electron chi connectivity index (χ1n) is 9.11. The largest absolute Gasteiger partial charge is 0.379 e. The van der Waals surface area contributed by atoms with E-state index in [0.29, 0.717) is 17.3 Å². The summed E-state index contributed by atoms with van der Waals surface area (Å²) >= 11 is 6.36. The summed E-state index contributed by atoms with van der Waals surface area (Å²) in [6.07, 6.45) is 1.62. The van der Waals surface area contributed by atoms with Crippen LogP contribution < -0.4 is 10.6 Å². The first-order valence-corrected chi connectivity index (χ1v) is 9.49. The lowest BCUT2D eigenvalue weighted by Gasteiger charge is -2.26. The fraction of sp³-hybridized carbons (Fsp3) is 0.400. The van der Waals surface area contributed by atoms with Gasteiger partial charge in [0.15, 0.2) is 0 Å². The lowest BCUT2D eigenvalue weighted by atomic mass is 10.1. The van der Waals surface area contributed by atoms with E-state index in [1.54, 1.807) is 12.3 Å². The van der Waals surface area contributed by atoms with Gasteiger partial charge in [0.2, 0.25) is 0 Å². The fourth-order valence-electron chi connectivity index (χ4n) is 3.09. The second kappa shape index (κ2) is 9.17. The van der Waals surface area contributed by atoms with Crippen molar-refractivity contribution in [3.63, 3.8) is 0 Å². The standard InChI is InChI=1S/C20H25ClN4O2/c1-14-11-15(2)19(17(21)12-14)24-16-3-4-22-18(13-16)20(26)23-5-6-25-7-9-27-10-8-25/h3-4,11-13H,5-10H2,1-2H3,(H,22,24)(H,23,26). The van der Waals surface area contributed by atoms with E-state index in [-0.39, 0.29) is 5.91 Å². The maximum Gasteiger partial charge on any atom is 0.269 e. The molecule has 0 spiro atoms. The van der Waals surface area contributed by atoms with Gasteiger partial charge in [-0.25, -0.2) is 0 Å². The monoisotopic (exact) mass is 388 g/mol. The van der Waals surface area contributed by atoms with Crippen LogP contribution in [0.2, 0.25) is 5.02 Å². The number of aromatic nitrogens is 1. The van der Waals surface area contributed by atoms with Crippen molar-refractivity contribution in [3.8, 4) is 0 Å². The van der Waals surface area contributed by atoms with E-state index in [9.17, 15) is 4.79 Å². The Hall–Kier alpha value is -2.15. The fourth-order valence-corrected chi connectivity index (χ4v) is 3.46. The van der Waals surface area contributed by atoms with Gasteiger partial charge in [-0.05, 0) is 43.2 Å². The molecule has 0 aliphatic carbocycles. The summed E-state index contributed by atoms with van der Waals surface area (Å²) < 4.78 is 5.33. The minimum atomic E-state index is -0.182. The summed E-state index contributed by atoms with van der Waals surface area (Å²) in [5.41, 5.74) is 4.15. The Balaban J connectivity index is 1.60. The Morgan fingerprint density at radius 1 is 1.26 bits per heavy atom. The van der Waals surface area contributed by atoms with Crippen LogP contribution in [-0.2, 0) is 4.74 Å². The van der Waals surface area contributed by atoms with Crippen LogP contribution in [0.5, 0.6) is 0 Å². The Morgan fingerprint density at radius 2 is 2.04 bits per heavy atom. The van der Waals surface area contributed by atoms with E-state index in [1.807, 2.05) is 26.0 Å². The summed E-state index contributed by atoms with van der Waals surface area (Å²) in [4.78, 5) is 18.9. The highest BCUT2D eigenvalue weighted by Crippen LogP contribution is 2.30. The van der Waals surface area contributed by atoms with Crippen LogP contribution in [0.4, 0.5) is 11.4 Å². The lowest BCUT2D eigenvalue weighted by Crippen LogP contribution is -2.41. The number of morpholine rings is 1. The van der Waals surface area contributed by atoms with E-state index >= 15 is 0 Å². The SMILES string of the molecule is Cc1cc(C)c(Nc2ccnc(C(=O)NCCN3CCOCC3)c2)c(Cl)c1. The van der Waals surface area contributed by atoms with Crippen molar-refractivity contribution >= 4 is 28.9 Å². The molecule has 1 fully saturated rings. The van der Waals surface area contributed by atoms with Crippen LogP contribution in [0.3, 0.4) is 0 Å². The van der Waals surface area contributed by atoms with Crippen LogP contribution in [0.15, 0.2) is 30.5 Å². The van der Waals surface area contributed by atoms with Crippen molar-refractivity contribution in [2.45, 2.75) is 13.8 Å². The van der Waals surface area contributed by atoms with E-state index < -0.39 is 0 Å². The number of carbonyl (C=O) groups is 1. The number of hydrogen-bond donors (Lipinski definition) is 2. The van der Waals surface area contributed by atoms with Gasteiger partial charge < -0.3 is 15.4 Å². The summed E-state index contributed by atoms with van der Waals surface area (Å²) in [5, 5.41) is 6.88. The quantitative estimate of drug-likeness (QED) is 0.795. The second-order valence-corrected chi connectivity index (χ2v) is 7.11. The molecule has 3 rings (SSSR count). The minimum absolute atomic E-state index is 0.182. The van der Waals surface area contributed by atoms with E-state index in [1.165, 1.54) is 0 Å². The average molecular weight is 389 g/mol. The number of anilines is 2. The first-order chi connectivity index (χ1) is 13.0. The number of hydrogen-bond acceptors (Lipinski definition) is 5. The molecule has 1 aliphatic heterocycles. The molecule has 144 valence electrons. The van der Waals surface area contributed by atoms with Gasteiger partial charge >= 0.3 is 0 Å². The van der Waals surface area contributed by atoms with Gasteiger partial charge in [0.05, 0.1) is 23.9 Å². The highest BCUT2D eigenvalue weighted by atomic mass is 35.5. The molecule has 0 saturated carbocycles. The maximum atomic E-state index is 12.4. The van der Waals surface area contributed by atoms with Crippen LogP contribution in [0.1, 0.15) is 21.6 Å².